The van der Waals surface area contributed by atoms with Crippen molar-refractivity contribution >= 4 is 43.2 Å². The van der Waals surface area contributed by atoms with Crippen LogP contribution >= 0.6 is 22.9 Å². The molecule has 148 valence electrons. The summed E-state index contributed by atoms with van der Waals surface area (Å²) in [6, 6.07) is 20.2. The first-order valence-electron chi connectivity index (χ1n) is 9.20. The lowest BCUT2D eigenvalue weighted by atomic mass is 10.2. The lowest BCUT2D eigenvalue weighted by molar-refractivity contribution is 0.626. The van der Waals surface area contributed by atoms with Gasteiger partial charge in [-0.15, -0.1) is 11.3 Å². The molecule has 0 radical (unpaired) electrons. The topological polar surface area (TPSA) is 44.0 Å². The molecule has 0 atom stereocenters. The van der Waals surface area contributed by atoms with E-state index in [-0.39, 0.29) is 17.9 Å². The quantitative estimate of drug-likeness (QED) is 0.390. The van der Waals surface area contributed by atoms with Crippen molar-refractivity contribution in [1.29, 1.82) is 0 Å². The average Bonchev–Trinajstić information content (AvgIpc) is 3.13. The van der Waals surface area contributed by atoms with E-state index in [1.165, 1.54) is 23.5 Å². The van der Waals surface area contributed by atoms with Gasteiger partial charge in [-0.2, -0.15) is 0 Å². The van der Waals surface area contributed by atoms with Crippen molar-refractivity contribution in [2.45, 2.75) is 6.54 Å². The molecule has 0 N–H and O–H groups in total. The fraction of sp³-hybridized carbons (Fsp3) is 0.0435. The molecule has 2 heterocycles. The van der Waals surface area contributed by atoms with Crippen molar-refractivity contribution in [3.8, 4) is 5.69 Å². The third-order valence-electron chi connectivity index (χ3n) is 4.98. The van der Waals surface area contributed by atoms with Gasteiger partial charge in [0.25, 0.3) is 5.56 Å². The van der Waals surface area contributed by atoms with Crippen molar-refractivity contribution in [2.24, 2.45) is 0 Å². The zero-order valence-electron chi connectivity index (χ0n) is 15.5. The van der Waals surface area contributed by atoms with Gasteiger partial charge < -0.3 is 0 Å². The molecule has 0 amide bonds. The molecule has 3 aromatic carbocycles. The Kier molecular flexibility index (Phi) is 4.53. The van der Waals surface area contributed by atoms with Crippen LogP contribution in [0.1, 0.15) is 5.56 Å². The summed E-state index contributed by atoms with van der Waals surface area (Å²) in [4.78, 5) is 26.9. The van der Waals surface area contributed by atoms with E-state index < -0.39 is 5.69 Å². The maximum Gasteiger partial charge on any atom is 0.336 e. The van der Waals surface area contributed by atoms with Crippen LogP contribution in [0.25, 0.3) is 26.0 Å². The maximum absolute atomic E-state index is 13.5. The maximum atomic E-state index is 13.5. The summed E-state index contributed by atoms with van der Waals surface area (Å²) in [5.74, 6) is -0.346. The minimum Gasteiger partial charge on any atom is -0.287 e. The summed E-state index contributed by atoms with van der Waals surface area (Å²) in [6.45, 7) is 0.206. The summed E-state index contributed by atoms with van der Waals surface area (Å²) in [6.07, 6.45) is 0. The van der Waals surface area contributed by atoms with E-state index in [1.807, 2.05) is 24.3 Å². The Morgan fingerprint density at radius 1 is 0.933 bits per heavy atom. The number of thiophene rings is 1. The molecule has 0 saturated heterocycles. The van der Waals surface area contributed by atoms with E-state index in [9.17, 15) is 14.0 Å². The predicted octanol–water partition coefficient (Wildman–Crippen LogP) is 5.21. The number of aromatic nitrogens is 2. The van der Waals surface area contributed by atoms with Gasteiger partial charge in [0.05, 0.1) is 17.7 Å². The van der Waals surface area contributed by atoms with Crippen LogP contribution in [0.2, 0.25) is 5.02 Å². The second-order valence-electron chi connectivity index (χ2n) is 6.89. The van der Waals surface area contributed by atoms with Gasteiger partial charge in [-0.05, 0) is 42.0 Å². The first-order chi connectivity index (χ1) is 14.5. The second-order valence-corrected chi connectivity index (χ2v) is 8.38. The van der Waals surface area contributed by atoms with Gasteiger partial charge in [0.1, 0.15) is 10.5 Å². The molecule has 0 aliphatic rings. The van der Waals surface area contributed by atoms with Gasteiger partial charge in [-0.3, -0.25) is 9.36 Å². The first kappa shape index (κ1) is 18.8. The summed E-state index contributed by atoms with van der Waals surface area (Å²) < 4.78 is 17.5. The SMILES string of the molecule is O=c1c2sc3ccccc3c2n(Cc2ccc(F)cc2)c(=O)n1-c1cccc(Cl)c1. The molecule has 30 heavy (non-hydrogen) atoms. The van der Waals surface area contributed by atoms with Gasteiger partial charge in [0.2, 0.25) is 0 Å². The highest BCUT2D eigenvalue weighted by atomic mass is 35.5. The van der Waals surface area contributed by atoms with Crippen LogP contribution in [0.15, 0.2) is 82.4 Å². The standard InChI is InChI=1S/C23H14ClFN2O2S/c24-15-4-3-5-17(12-15)27-22(28)21-20(18-6-1-2-7-19(18)30-21)26(23(27)29)13-14-8-10-16(25)11-9-14/h1-12H,13H2. The Balaban J connectivity index is 1.89. The van der Waals surface area contributed by atoms with Crippen LogP contribution in [0.3, 0.4) is 0 Å². The third kappa shape index (κ3) is 3.05. The second kappa shape index (κ2) is 7.23. The lowest BCUT2D eigenvalue weighted by Crippen LogP contribution is -2.38. The molecule has 5 rings (SSSR count). The normalized spacial score (nSPS) is 11.4. The van der Waals surface area contributed by atoms with Gasteiger partial charge in [-0.25, -0.2) is 13.8 Å². The summed E-state index contributed by atoms with van der Waals surface area (Å²) >= 11 is 7.46. The molecule has 0 fully saturated rings. The van der Waals surface area contributed by atoms with Crippen LogP contribution in [-0.2, 0) is 6.54 Å². The minimum atomic E-state index is -0.470. The lowest BCUT2D eigenvalue weighted by Gasteiger charge is -2.13. The third-order valence-corrected chi connectivity index (χ3v) is 6.36. The van der Waals surface area contributed by atoms with Crippen molar-refractivity contribution in [1.82, 2.24) is 9.13 Å². The number of hydrogen-bond donors (Lipinski definition) is 0. The van der Waals surface area contributed by atoms with E-state index in [0.29, 0.717) is 20.9 Å². The molecule has 0 bridgehead atoms. The van der Waals surface area contributed by atoms with E-state index in [1.54, 1.807) is 41.0 Å². The Morgan fingerprint density at radius 2 is 1.70 bits per heavy atom. The number of rotatable bonds is 3. The molecule has 5 aromatic rings. The summed E-state index contributed by atoms with van der Waals surface area (Å²) in [5.41, 5.74) is 0.903. The summed E-state index contributed by atoms with van der Waals surface area (Å²) in [5, 5.41) is 1.27. The molecule has 2 aromatic heterocycles. The fourth-order valence-electron chi connectivity index (χ4n) is 3.61. The minimum absolute atomic E-state index is 0.206. The van der Waals surface area contributed by atoms with Crippen LogP contribution in [-0.4, -0.2) is 9.13 Å². The van der Waals surface area contributed by atoms with E-state index in [0.717, 1.165) is 20.2 Å². The van der Waals surface area contributed by atoms with Gasteiger partial charge in [0, 0.05) is 15.1 Å². The molecule has 0 aliphatic carbocycles. The Labute approximate surface area is 179 Å². The van der Waals surface area contributed by atoms with Crippen molar-refractivity contribution in [3.63, 3.8) is 0 Å². The van der Waals surface area contributed by atoms with Gasteiger partial charge in [0.15, 0.2) is 0 Å². The van der Waals surface area contributed by atoms with Gasteiger partial charge >= 0.3 is 5.69 Å². The molecular weight excluding hydrogens is 423 g/mol. The highest BCUT2D eigenvalue weighted by Gasteiger charge is 2.19. The van der Waals surface area contributed by atoms with Crippen LogP contribution in [0.4, 0.5) is 4.39 Å². The predicted molar refractivity (Wildman–Crippen MR) is 120 cm³/mol. The van der Waals surface area contributed by atoms with Crippen molar-refractivity contribution < 1.29 is 4.39 Å². The number of halogens is 2. The Hall–Kier alpha value is -3.22. The van der Waals surface area contributed by atoms with Crippen LogP contribution < -0.4 is 11.2 Å². The first-order valence-corrected chi connectivity index (χ1v) is 10.4. The Morgan fingerprint density at radius 3 is 2.47 bits per heavy atom. The van der Waals surface area contributed by atoms with E-state index in [2.05, 4.69) is 0 Å². The highest BCUT2D eigenvalue weighted by molar-refractivity contribution is 7.25. The monoisotopic (exact) mass is 436 g/mol. The van der Waals surface area contributed by atoms with Crippen LogP contribution in [0.5, 0.6) is 0 Å². The smallest absolute Gasteiger partial charge is 0.287 e. The molecule has 4 nitrogen and oxygen atoms in total. The zero-order chi connectivity index (χ0) is 20.8. The van der Waals surface area contributed by atoms with Crippen LogP contribution in [0, 0.1) is 5.82 Å². The zero-order valence-corrected chi connectivity index (χ0v) is 17.1. The van der Waals surface area contributed by atoms with Crippen molar-refractivity contribution in [2.75, 3.05) is 0 Å². The van der Waals surface area contributed by atoms with E-state index >= 15 is 0 Å². The molecule has 7 heteroatoms. The molecular formula is C23H14ClFN2O2S. The molecule has 0 unspecified atom stereocenters. The highest BCUT2D eigenvalue weighted by Crippen LogP contribution is 2.31. The van der Waals surface area contributed by atoms with E-state index in [4.69, 9.17) is 11.6 Å². The van der Waals surface area contributed by atoms with Gasteiger partial charge in [-0.1, -0.05) is 48.0 Å². The largest absolute Gasteiger partial charge is 0.336 e. The number of hydrogen-bond acceptors (Lipinski definition) is 3. The molecule has 0 aliphatic heterocycles. The number of fused-ring (bicyclic) bond motifs is 3. The Bertz CT molecular complexity index is 1530. The molecule has 0 saturated carbocycles. The number of nitrogens with zero attached hydrogens (tertiary/aromatic N) is 2. The average molecular weight is 437 g/mol. The summed E-state index contributed by atoms with van der Waals surface area (Å²) in [7, 11) is 0. The number of benzene rings is 3. The fourth-order valence-corrected chi connectivity index (χ4v) is 4.93. The molecule has 0 spiro atoms. The van der Waals surface area contributed by atoms with Crippen molar-refractivity contribution in [3.05, 3.63) is 110 Å².